The van der Waals surface area contributed by atoms with Crippen molar-refractivity contribution >= 4 is 40.4 Å². The van der Waals surface area contributed by atoms with Crippen LogP contribution < -0.4 is 20.3 Å². The molecule has 0 atom stereocenters. The third-order valence-corrected chi connectivity index (χ3v) is 5.94. The van der Waals surface area contributed by atoms with Crippen LogP contribution in [0.1, 0.15) is 12.5 Å². The van der Waals surface area contributed by atoms with Gasteiger partial charge < -0.3 is 25.2 Å². The first kappa shape index (κ1) is 26.4. The molecule has 1 aliphatic heterocycles. The average Bonchev–Trinajstić information content (AvgIpc) is 2.88. The van der Waals surface area contributed by atoms with E-state index in [2.05, 4.69) is 25.5 Å². The molecule has 0 bridgehead atoms. The fourth-order valence-electron chi connectivity index (χ4n) is 3.96. The van der Waals surface area contributed by atoms with E-state index in [1.54, 1.807) is 23.1 Å². The summed E-state index contributed by atoms with van der Waals surface area (Å²) < 4.78 is 46.7. The number of aromatic nitrogens is 2. The summed E-state index contributed by atoms with van der Waals surface area (Å²) in [7, 11) is 1.40. The summed E-state index contributed by atoms with van der Waals surface area (Å²) in [6.07, 6.45) is -4.12. The number of benzene rings is 2. The van der Waals surface area contributed by atoms with Gasteiger partial charge in [0.1, 0.15) is 17.1 Å². The number of hydrogen-bond donors (Lipinski definition) is 2. The molecule has 38 heavy (non-hydrogen) atoms. The number of halogens is 3. The zero-order chi connectivity index (χ0) is 27.4. The third kappa shape index (κ3) is 6.02. The molecule has 1 saturated heterocycles. The van der Waals surface area contributed by atoms with Crippen LogP contribution in [0.25, 0.3) is 0 Å². The van der Waals surface area contributed by atoms with Crippen molar-refractivity contribution in [2.75, 3.05) is 48.8 Å². The number of carbonyl (C=O) groups excluding carboxylic acids is 1. The lowest BCUT2D eigenvalue weighted by atomic mass is 10.2. The minimum atomic E-state index is -4.75. The summed E-state index contributed by atoms with van der Waals surface area (Å²) in [5.74, 6) is -0.427. The van der Waals surface area contributed by atoms with Gasteiger partial charge in [-0.05, 0) is 18.2 Å². The van der Waals surface area contributed by atoms with Crippen molar-refractivity contribution in [3.05, 3.63) is 64.3 Å². The topological polar surface area (TPSA) is 126 Å². The van der Waals surface area contributed by atoms with Crippen LogP contribution in [0.4, 0.5) is 47.7 Å². The molecule has 0 spiro atoms. The third-order valence-electron chi connectivity index (χ3n) is 5.94. The zero-order valence-electron chi connectivity index (χ0n) is 20.5. The van der Waals surface area contributed by atoms with Gasteiger partial charge in [0.05, 0.1) is 17.7 Å². The van der Waals surface area contributed by atoms with Gasteiger partial charge in [-0.25, -0.2) is 4.98 Å². The molecule has 2 aromatic carbocycles. The second kappa shape index (κ2) is 10.8. The number of alkyl halides is 3. The molecule has 1 aromatic heterocycles. The Labute approximate surface area is 215 Å². The van der Waals surface area contributed by atoms with Crippen molar-refractivity contribution in [2.24, 2.45) is 0 Å². The number of ether oxygens (including phenoxy) is 1. The van der Waals surface area contributed by atoms with Crippen molar-refractivity contribution in [2.45, 2.75) is 13.1 Å². The van der Waals surface area contributed by atoms with Crippen molar-refractivity contribution < 1.29 is 27.6 Å². The van der Waals surface area contributed by atoms with Gasteiger partial charge in [0.25, 0.3) is 5.69 Å². The number of nitro groups is 1. The van der Waals surface area contributed by atoms with E-state index < -0.39 is 22.5 Å². The van der Waals surface area contributed by atoms with E-state index in [-0.39, 0.29) is 34.7 Å². The van der Waals surface area contributed by atoms with Crippen LogP contribution in [0.2, 0.25) is 0 Å². The van der Waals surface area contributed by atoms with Crippen LogP contribution in [0, 0.1) is 10.1 Å². The molecular weight excluding hydrogens is 507 g/mol. The highest BCUT2D eigenvalue weighted by molar-refractivity contribution is 5.74. The number of hydrogen-bond acceptors (Lipinski definition) is 9. The lowest BCUT2D eigenvalue weighted by molar-refractivity contribution is -0.384. The zero-order valence-corrected chi connectivity index (χ0v) is 20.5. The molecule has 3 aromatic rings. The van der Waals surface area contributed by atoms with Crippen LogP contribution >= 0.6 is 0 Å². The standard InChI is InChI=1S/C24H24F3N7O4/c1-15(35)32-8-10-33(11-9-32)17-6-7-20(21(13-17)38-2)30-22-19(24(25,26)27)14-28-23(31-22)29-16-4-3-5-18(12-16)34(36)37/h3-7,12-14H,8-11H2,1-2H3,(H2,28,29,30,31). The van der Waals surface area contributed by atoms with Crippen molar-refractivity contribution in [3.63, 3.8) is 0 Å². The lowest BCUT2D eigenvalue weighted by Gasteiger charge is -2.35. The maximum absolute atomic E-state index is 13.7. The second-order valence-electron chi connectivity index (χ2n) is 8.39. The number of rotatable bonds is 7. The summed E-state index contributed by atoms with van der Waals surface area (Å²) >= 11 is 0. The highest BCUT2D eigenvalue weighted by Crippen LogP contribution is 2.38. The Morgan fingerprint density at radius 2 is 1.84 bits per heavy atom. The van der Waals surface area contributed by atoms with Crippen LogP contribution in [0.5, 0.6) is 5.75 Å². The summed E-state index contributed by atoms with van der Waals surface area (Å²) in [5.41, 5.74) is -0.0374. The molecule has 11 nitrogen and oxygen atoms in total. The number of non-ortho nitro benzene ring substituents is 1. The number of anilines is 5. The van der Waals surface area contributed by atoms with Crippen LogP contribution in [0.15, 0.2) is 48.7 Å². The molecule has 2 N–H and O–H groups in total. The Balaban J connectivity index is 1.60. The van der Waals surface area contributed by atoms with E-state index >= 15 is 0 Å². The number of nitro benzene ring substituents is 1. The molecule has 1 aliphatic rings. The minimum Gasteiger partial charge on any atom is -0.494 e. The highest BCUT2D eigenvalue weighted by atomic mass is 19.4. The molecule has 1 amide bonds. The van der Waals surface area contributed by atoms with Crippen molar-refractivity contribution in [3.8, 4) is 5.75 Å². The average molecular weight is 531 g/mol. The Morgan fingerprint density at radius 3 is 2.47 bits per heavy atom. The Morgan fingerprint density at radius 1 is 1.11 bits per heavy atom. The normalized spacial score (nSPS) is 13.7. The van der Waals surface area contributed by atoms with Gasteiger partial charge in [0.2, 0.25) is 11.9 Å². The quantitative estimate of drug-likeness (QED) is 0.333. The SMILES string of the molecule is COc1cc(N2CCN(C(C)=O)CC2)ccc1Nc1nc(Nc2cccc([N+](=O)[O-])c2)ncc1C(F)(F)F. The first-order valence-electron chi connectivity index (χ1n) is 11.5. The van der Waals surface area contributed by atoms with Gasteiger partial charge in [-0.1, -0.05) is 6.07 Å². The molecule has 4 rings (SSSR count). The molecule has 0 aliphatic carbocycles. The van der Waals surface area contributed by atoms with Crippen LogP contribution in [0.3, 0.4) is 0 Å². The van der Waals surface area contributed by atoms with E-state index in [4.69, 9.17) is 4.74 Å². The maximum Gasteiger partial charge on any atom is 0.421 e. The first-order valence-corrected chi connectivity index (χ1v) is 11.5. The summed E-state index contributed by atoms with van der Waals surface area (Å²) in [5, 5.41) is 16.4. The van der Waals surface area contributed by atoms with Gasteiger partial charge >= 0.3 is 6.18 Å². The van der Waals surface area contributed by atoms with Gasteiger partial charge in [0, 0.05) is 68.9 Å². The Hall–Kier alpha value is -4.62. The van der Waals surface area contributed by atoms with E-state index in [9.17, 15) is 28.1 Å². The maximum atomic E-state index is 13.7. The fraction of sp³-hybridized carbons (Fsp3) is 0.292. The Kier molecular flexibility index (Phi) is 7.50. The van der Waals surface area contributed by atoms with Gasteiger partial charge in [-0.3, -0.25) is 14.9 Å². The number of piperazine rings is 1. The van der Waals surface area contributed by atoms with Crippen molar-refractivity contribution in [1.82, 2.24) is 14.9 Å². The molecule has 0 unspecified atom stereocenters. The monoisotopic (exact) mass is 531 g/mol. The lowest BCUT2D eigenvalue weighted by Crippen LogP contribution is -2.48. The van der Waals surface area contributed by atoms with E-state index in [1.807, 2.05) is 0 Å². The fourth-order valence-corrected chi connectivity index (χ4v) is 3.96. The number of nitrogens with one attached hydrogen (secondary N) is 2. The molecule has 2 heterocycles. The molecule has 0 saturated carbocycles. The molecule has 200 valence electrons. The predicted molar refractivity (Wildman–Crippen MR) is 134 cm³/mol. The second-order valence-corrected chi connectivity index (χ2v) is 8.39. The molecule has 0 radical (unpaired) electrons. The number of methoxy groups -OCH3 is 1. The Bertz CT molecular complexity index is 1340. The molecule has 1 fully saturated rings. The number of carbonyl (C=O) groups is 1. The van der Waals surface area contributed by atoms with Crippen molar-refractivity contribution in [1.29, 1.82) is 0 Å². The summed E-state index contributed by atoms with van der Waals surface area (Å²) in [6, 6.07) is 10.4. The summed E-state index contributed by atoms with van der Waals surface area (Å²) in [4.78, 5) is 33.5. The molecular formula is C24H24F3N7O4. The first-order chi connectivity index (χ1) is 18.0. The number of nitrogens with zero attached hydrogens (tertiary/aromatic N) is 5. The van der Waals surface area contributed by atoms with Gasteiger partial charge in [0.15, 0.2) is 0 Å². The smallest absolute Gasteiger partial charge is 0.421 e. The van der Waals surface area contributed by atoms with E-state index in [1.165, 1.54) is 38.3 Å². The molecule has 14 heteroatoms. The summed E-state index contributed by atoms with van der Waals surface area (Å²) in [6.45, 7) is 3.85. The van der Waals surface area contributed by atoms with Gasteiger partial charge in [-0.15, -0.1) is 0 Å². The predicted octanol–water partition coefficient (Wildman–Crippen LogP) is 4.57. The minimum absolute atomic E-state index is 0.00597. The van der Waals surface area contributed by atoms with E-state index in [0.29, 0.717) is 32.4 Å². The number of amides is 1. The van der Waals surface area contributed by atoms with Crippen LogP contribution in [-0.4, -0.2) is 59.0 Å². The van der Waals surface area contributed by atoms with Crippen LogP contribution in [-0.2, 0) is 11.0 Å². The largest absolute Gasteiger partial charge is 0.494 e. The van der Waals surface area contributed by atoms with Gasteiger partial charge in [-0.2, -0.15) is 18.2 Å². The highest BCUT2D eigenvalue weighted by Gasteiger charge is 2.35. The van der Waals surface area contributed by atoms with E-state index in [0.717, 1.165) is 5.69 Å².